The van der Waals surface area contributed by atoms with E-state index in [1.807, 2.05) is 97.2 Å². The molecule has 2 atom stereocenters. The normalized spacial score (nSPS) is 23.6. The van der Waals surface area contributed by atoms with Crippen LogP contribution in [0.5, 0.6) is 0 Å². The first-order valence-corrected chi connectivity index (χ1v) is 14.5. The van der Waals surface area contributed by atoms with Crippen molar-refractivity contribution < 1.29 is 9.59 Å². The fourth-order valence-electron chi connectivity index (χ4n) is 7.89. The number of carbonyl (C=O) groups excluding carboxylic acids is 2. The summed E-state index contributed by atoms with van der Waals surface area (Å²) in [7, 11) is 0. The number of anilines is 2. The monoisotopic (exact) mass is 559 g/mol. The molecule has 1 saturated heterocycles. The van der Waals surface area contributed by atoms with Crippen LogP contribution in [0.4, 0.5) is 11.6 Å². The molecule has 206 valence electrons. The van der Waals surface area contributed by atoms with E-state index >= 15 is 0 Å². The number of imidazole rings is 1. The number of carbonyl (C=O) groups is 2. The zero-order chi connectivity index (χ0) is 28.7. The molecule has 7 nitrogen and oxygen atoms in total. The quantitative estimate of drug-likeness (QED) is 0.149. The Hall–Kier alpha value is -5.56. The zero-order valence-corrected chi connectivity index (χ0v) is 22.9. The molecule has 1 fully saturated rings. The lowest BCUT2D eigenvalue weighted by Crippen LogP contribution is -2.54. The number of H-pyrrole nitrogens is 1. The van der Waals surface area contributed by atoms with Gasteiger partial charge in [0, 0.05) is 17.5 Å². The minimum Gasteiger partial charge on any atom is -0.323 e. The third kappa shape index (κ3) is 3.13. The minimum atomic E-state index is -0.961. The third-order valence-electron chi connectivity index (χ3n) is 9.52. The van der Waals surface area contributed by atoms with Crippen molar-refractivity contribution in [2.24, 2.45) is 16.9 Å². The van der Waals surface area contributed by atoms with Crippen LogP contribution in [0.3, 0.4) is 0 Å². The number of fused-ring (bicyclic) bond motifs is 2. The molecular formula is C36H25N5O2. The topological polar surface area (TPSA) is 90.4 Å². The van der Waals surface area contributed by atoms with Gasteiger partial charge in [0.05, 0.1) is 34.0 Å². The summed E-state index contributed by atoms with van der Waals surface area (Å²) >= 11 is 0. The molecule has 0 spiro atoms. The van der Waals surface area contributed by atoms with Gasteiger partial charge in [0.1, 0.15) is 0 Å². The second-order valence-electron chi connectivity index (χ2n) is 11.5. The number of amides is 2. The van der Waals surface area contributed by atoms with E-state index < -0.39 is 17.3 Å². The number of hydrogen-bond acceptors (Lipinski definition) is 5. The van der Waals surface area contributed by atoms with Crippen molar-refractivity contribution in [2.45, 2.75) is 11.3 Å². The molecule has 0 radical (unpaired) electrons. The summed E-state index contributed by atoms with van der Waals surface area (Å²) in [6, 6.07) is 37.8. The molecule has 7 heteroatoms. The smallest absolute Gasteiger partial charge is 0.239 e. The molecule has 43 heavy (non-hydrogen) atoms. The zero-order valence-electron chi connectivity index (χ0n) is 22.9. The molecule has 2 bridgehead atoms. The number of rotatable bonds is 4. The highest BCUT2D eigenvalue weighted by Gasteiger charge is 2.68. The van der Waals surface area contributed by atoms with Gasteiger partial charge >= 0.3 is 0 Å². The summed E-state index contributed by atoms with van der Waals surface area (Å²) in [5.74, 6) is -1.31. The predicted molar refractivity (Wildman–Crippen MR) is 167 cm³/mol. The highest BCUT2D eigenvalue weighted by molar-refractivity contribution is 6.27. The molecule has 2 N–H and O–H groups in total. The average Bonchev–Trinajstić information content (AvgIpc) is 3.59. The van der Waals surface area contributed by atoms with Crippen LogP contribution in [-0.4, -0.2) is 28.0 Å². The summed E-state index contributed by atoms with van der Waals surface area (Å²) in [5, 5.41) is 6.60. The molecule has 0 saturated carbocycles. The van der Waals surface area contributed by atoms with Gasteiger partial charge in [-0.15, -0.1) is 0 Å². The lowest BCUT2D eigenvalue weighted by atomic mass is 9.47. The predicted octanol–water partition coefficient (Wildman–Crippen LogP) is 6.36. The molecule has 5 aromatic carbocycles. The summed E-state index contributed by atoms with van der Waals surface area (Å²) in [4.78, 5) is 38.6. The fraction of sp³-hybridized carbons (Fsp3) is 0.111. The first-order chi connectivity index (χ1) is 21.2. The number of hydrazone groups is 1. The number of hydrogen-bond donors (Lipinski definition) is 2. The molecule has 3 aliphatic carbocycles. The Kier molecular flexibility index (Phi) is 4.88. The second kappa shape index (κ2) is 8.72. The molecule has 10 rings (SSSR count). The molecule has 2 amide bonds. The Morgan fingerprint density at radius 2 is 1.44 bits per heavy atom. The van der Waals surface area contributed by atoms with Gasteiger partial charge in [-0.3, -0.25) is 9.59 Å². The second-order valence-corrected chi connectivity index (χ2v) is 11.5. The summed E-state index contributed by atoms with van der Waals surface area (Å²) in [5.41, 5.74) is 8.63. The van der Waals surface area contributed by atoms with Crippen LogP contribution >= 0.6 is 0 Å². The minimum absolute atomic E-state index is 0.164. The van der Waals surface area contributed by atoms with Crippen LogP contribution in [0.2, 0.25) is 0 Å². The number of nitrogens with one attached hydrogen (secondary N) is 2. The van der Waals surface area contributed by atoms with Crippen LogP contribution in [0.25, 0.3) is 21.8 Å². The van der Waals surface area contributed by atoms with Crippen LogP contribution in [0.15, 0.2) is 120 Å². The van der Waals surface area contributed by atoms with Gasteiger partial charge in [-0.2, -0.15) is 5.10 Å². The summed E-state index contributed by atoms with van der Waals surface area (Å²) < 4.78 is 0. The summed E-state index contributed by atoms with van der Waals surface area (Å²) in [6.07, 6.45) is 1.84. The van der Waals surface area contributed by atoms with E-state index in [9.17, 15) is 9.59 Å². The van der Waals surface area contributed by atoms with E-state index in [-0.39, 0.29) is 17.7 Å². The van der Waals surface area contributed by atoms with Crippen molar-refractivity contribution in [3.05, 3.63) is 138 Å². The van der Waals surface area contributed by atoms with Crippen LogP contribution in [-0.2, 0) is 15.0 Å². The van der Waals surface area contributed by atoms with E-state index in [4.69, 9.17) is 5.10 Å². The Bertz CT molecular complexity index is 2080. The number of para-hydroxylation sites is 2. The van der Waals surface area contributed by atoms with Crippen molar-refractivity contribution in [1.82, 2.24) is 9.97 Å². The molecule has 6 aromatic rings. The fourth-order valence-corrected chi connectivity index (χ4v) is 7.89. The standard InChI is InChI=1S/C36H25N5O2/c42-33-31-30-23-13-3-5-15-25(23)36(26-16-6-4-14-24(26)30,20-37-40-35-38-27-17-7-8-18-28(27)39-35)32(31)34(43)41(33)29-19-9-11-21-10-1-2-12-22(21)29/h1-20,30-32H,(H2,38,39,40)/b37-20-/t30?,31-,32-,36?/m0/s1. The van der Waals surface area contributed by atoms with E-state index in [1.54, 1.807) is 0 Å². The van der Waals surface area contributed by atoms with Crippen molar-refractivity contribution in [3.63, 3.8) is 0 Å². The van der Waals surface area contributed by atoms with Crippen LogP contribution in [0, 0.1) is 11.8 Å². The van der Waals surface area contributed by atoms with Crippen molar-refractivity contribution in [2.75, 3.05) is 10.3 Å². The number of aromatic nitrogens is 2. The van der Waals surface area contributed by atoms with Gasteiger partial charge in [-0.25, -0.2) is 15.3 Å². The Morgan fingerprint density at radius 1 is 0.767 bits per heavy atom. The highest BCUT2D eigenvalue weighted by Crippen LogP contribution is 2.63. The van der Waals surface area contributed by atoms with Crippen LogP contribution in [0.1, 0.15) is 28.2 Å². The SMILES string of the molecule is O=C1[C@@H]2[C@@H](C(=O)N1c1cccc3ccccc13)C1c3ccccc3C2(/C=N\Nc2nc3ccccc3[nH]2)c2ccccc21. The molecule has 1 aliphatic heterocycles. The first-order valence-electron chi connectivity index (χ1n) is 14.5. The van der Waals surface area contributed by atoms with Gasteiger partial charge in [-0.05, 0) is 45.8 Å². The van der Waals surface area contributed by atoms with E-state index in [0.29, 0.717) is 11.6 Å². The maximum atomic E-state index is 14.8. The Morgan fingerprint density at radius 3 is 2.23 bits per heavy atom. The maximum absolute atomic E-state index is 14.8. The van der Waals surface area contributed by atoms with Crippen molar-refractivity contribution in [1.29, 1.82) is 0 Å². The molecule has 1 aromatic heterocycles. The molecule has 4 aliphatic rings. The number of imide groups is 1. The number of nitrogens with zero attached hydrogens (tertiary/aromatic N) is 3. The number of benzene rings is 5. The average molecular weight is 560 g/mol. The van der Waals surface area contributed by atoms with Gasteiger partial charge in [0.2, 0.25) is 17.8 Å². The maximum Gasteiger partial charge on any atom is 0.239 e. The molecular weight excluding hydrogens is 534 g/mol. The van der Waals surface area contributed by atoms with Gasteiger partial charge in [0.15, 0.2) is 0 Å². The Labute approximate surface area is 246 Å². The lowest BCUT2D eigenvalue weighted by Gasteiger charge is -2.52. The van der Waals surface area contributed by atoms with E-state index in [0.717, 1.165) is 44.1 Å². The highest BCUT2D eigenvalue weighted by atomic mass is 16.2. The largest absolute Gasteiger partial charge is 0.323 e. The summed E-state index contributed by atoms with van der Waals surface area (Å²) in [6.45, 7) is 0. The van der Waals surface area contributed by atoms with Gasteiger partial charge in [-0.1, -0.05) is 97.1 Å². The van der Waals surface area contributed by atoms with E-state index in [2.05, 4.69) is 39.7 Å². The van der Waals surface area contributed by atoms with Gasteiger partial charge < -0.3 is 4.98 Å². The Balaban J connectivity index is 1.25. The van der Waals surface area contributed by atoms with E-state index in [1.165, 1.54) is 4.90 Å². The lowest BCUT2D eigenvalue weighted by molar-refractivity contribution is -0.122. The molecule has 0 unspecified atom stereocenters. The van der Waals surface area contributed by atoms with Crippen LogP contribution < -0.4 is 10.3 Å². The molecule has 2 heterocycles. The van der Waals surface area contributed by atoms with Crippen molar-refractivity contribution >= 4 is 51.5 Å². The first kappa shape index (κ1) is 24.1. The third-order valence-corrected chi connectivity index (χ3v) is 9.52. The number of aromatic amines is 1. The van der Waals surface area contributed by atoms with Gasteiger partial charge in [0.25, 0.3) is 0 Å². The van der Waals surface area contributed by atoms with Crippen molar-refractivity contribution in [3.8, 4) is 0 Å².